The summed E-state index contributed by atoms with van der Waals surface area (Å²) in [5, 5.41) is 14.9. The van der Waals surface area contributed by atoms with Crippen LogP contribution in [0.15, 0.2) is 48.5 Å². The molecule has 0 spiro atoms. The molecule has 2 N–H and O–H groups in total. The number of carboxylic acid groups (broad SMARTS) is 1. The fourth-order valence-corrected chi connectivity index (χ4v) is 4.98. The minimum Gasteiger partial charge on any atom is -0.497 e. The Bertz CT molecular complexity index is 1060. The molecule has 4 rings (SSSR count). The molecule has 5 heteroatoms. The minimum atomic E-state index is -0.895. The topological polar surface area (TPSA) is 63.5 Å². The lowest BCUT2D eigenvalue weighted by atomic mass is 9.78. The van der Waals surface area contributed by atoms with Gasteiger partial charge < -0.3 is 19.7 Å². The van der Waals surface area contributed by atoms with Gasteiger partial charge in [-0.2, -0.15) is 0 Å². The Morgan fingerprint density at radius 3 is 2.65 bits per heavy atom. The summed E-state index contributed by atoms with van der Waals surface area (Å²) in [6, 6.07) is 16.3. The number of carboxylic acids is 1. The van der Waals surface area contributed by atoms with E-state index in [0.717, 1.165) is 34.2 Å². The third kappa shape index (κ3) is 4.33. The van der Waals surface area contributed by atoms with Gasteiger partial charge in [0, 0.05) is 36.1 Å². The summed E-state index contributed by atoms with van der Waals surface area (Å²) in [6.45, 7) is 5.68. The number of aromatic carboxylic acids is 1. The van der Waals surface area contributed by atoms with Crippen molar-refractivity contribution in [3.05, 3.63) is 65.4 Å². The van der Waals surface area contributed by atoms with Crippen molar-refractivity contribution in [3.63, 3.8) is 0 Å². The molecule has 31 heavy (non-hydrogen) atoms. The predicted molar refractivity (Wildman–Crippen MR) is 124 cm³/mol. The van der Waals surface area contributed by atoms with E-state index in [1.807, 2.05) is 53.1 Å². The zero-order chi connectivity index (χ0) is 22.0. The van der Waals surface area contributed by atoms with E-state index in [-0.39, 0.29) is 0 Å². The second-order valence-electron chi connectivity index (χ2n) is 8.84. The van der Waals surface area contributed by atoms with Crippen molar-refractivity contribution in [2.24, 2.45) is 11.8 Å². The van der Waals surface area contributed by atoms with Gasteiger partial charge in [0.2, 0.25) is 0 Å². The van der Waals surface area contributed by atoms with Crippen LogP contribution in [0, 0.1) is 11.8 Å². The zero-order valence-electron chi connectivity index (χ0n) is 18.6. The van der Waals surface area contributed by atoms with Crippen molar-refractivity contribution in [3.8, 4) is 5.75 Å². The second kappa shape index (κ2) is 9.15. The van der Waals surface area contributed by atoms with E-state index in [4.69, 9.17) is 4.74 Å². The Kier molecular flexibility index (Phi) is 6.33. The second-order valence-corrected chi connectivity index (χ2v) is 8.84. The van der Waals surface area contributed by atoms with Crippen LogP contribution < -0.4 is 10.1 Å². The van der Waals surface area contributed by atoms with E-state index in [0.29, 0.717) is 36.7 Å². The number of hydrogen-bond acceptors (Lipinski definition) is 3. The Morgan fingerprint density at radius 1 is 1.16 bits per heavy atom. The summed E-state index contributed by atoms with van der Waals surface area (Å²) in [4.78, 5) is 12.4. The van der Waals surface area contributed by atoms with Crippen LogP contribution in [-0.2, 0) is 13.1 Å². The Balaban J connectivity index is 1.76. The van der Waals surface area contributed by atoms with Crippen LogP contribution in [0.3, 0.4) is 0 Å². The summed E-state index contributed by atoms with van der Waals surface area (Å²) in [5.41, 5.74) is 3.17. The monoisotopic (exact) mass is 420 g/mol. The highest BCUT2D eigenvalue weighted by Crippen LogP contribution is 2.33. The molecule has 3 aromatic rings. The molecule has 5 nitrogen and oxygen atoms in total. The van der Waals surface area contributed by atoms with Crippen molar-refractivity contribution in [1.82, 2.24) is 9.88 Å². The number of rotatable bonds is 7. The van der Waals surface area contributed by atoms with Crippen LogP contribution in [0.5, 0.6) is 5.75 Å². The molecule has 0 unspecified atom stereocenters. The molecule has 1 aliphatic rings. The maximum Gasteiger partial charge on any atom is 0.352 e. The predicted octanol–water partition coefficient (Wildman–Crippen LogP) is 5.31. The molecule has 164 valence electrons. The van der Waals surface area contributed by atoms with Crippen molar-refractivity contribution in [1.29, 1.82) is 0 Å². The third-order valence-corrected chi connectivity index (χ3v) is 7.01. The fourth-order valence-electron chi connectivity index (χ4n) is 4.98. The molecule has 3 atom stereocenters. The summed E-state index contributed by atoms with van der Waals surface area (Å²) in [7, 11) is 1.64. The summed E-state index contributed by atoms with van der Waals surface area (Å²) >= 11 is 0. The smallest absolute Gasteiger partial charge is 0.352 e. The molecule has 2 aromatic carbocycles. The molecular formula is C26H32N2O3. The van der Waals surface area contributed by atoms with Gasteiger partial charge in [-0.1, -0.05) is 57.0 Å². The van der Waals surface area contributed by atoms with Crippen LogP contribution >= 0.6 is 0 Å². The van der Waals surface area contributed by atoms with Gasteiger partial charge >= 0.3 is 5.97 Å². The van der Waals surface area contributed by atoms with Gasteiger partial charge in [-0.25, -0.2) is 4.79 Å². The lowest BCUT2D eigenvalue weighted by Gasteiger charge is -2.34. The normalized spacial score (nSPS) is 21.3. The highest BCUT2D eigenvalue weighted by Gasteiger charge is 2.28. The molecule has 0 bridgehead atoms. The number of fused-ring (bicyclic) bond motifs is 1. The van der Waals surface area contributed by atoms with Gasteiger partial charge in [0.15, 0.2) is 0 Å². The number of carbonyl (C=O) groups is 1. The van der Waals surface area contributed by atoms with E-state index in [9.17, 15) is 9.90 Å². The van der Waals surface area contributed by atoms with Crippen LogP contribution in [0.2, 0.25) is 0 Å². The lowest BCUT2D eigenvalue weighted by molar-refractivity contribution is 0.0684. The number of hydrogen-bond donors (Lipinski definition) is 2. The molecular weight excluding hydrogens is 388 g/mol. The maximum absolute atomic E-state index is 12.4. The third-order valence-electron chi connectivity index (χ3n) is 7.01. The number of nitrogens with one attached hydrogen (secondary N) is 1. The highest BCUT2D eigenvalue weighted by atomic mass is 16.5. The Labute approximate surface area is 184 Å². The van der Waals surface area contributed by atoms with Gasteiger partial charge in [0.05, 0.1) is 12.6 Å². The summed E-state index contributed by atoms with van der Waals surface area (Å²) in [5.74, 6) is 1.10. The number of aromatic nitrogens is 1. The molecule has 1 heterocycles. The molecule has 1 aromatic heterocycles. The molecule has 1 fully saturated rings. The molecule has 0 aliphatic heterocycles. The highest BCUT2D eigenvalue weighted by molar-refractivity contribution is 5.98. The van der Waals surface area contributed by atoms with E-state index in [1.165, 1.54) is 12.8 Å². The van der Waals surface area contributed by atoms with Crippen molar-refractivity contribution in [2.75, 3.05) is 7.11 Å². The van der Waals surface area contributed by atoms with E-state index in [1.54, 1.807) is 7.11 Å². The molecule has 1 saturated carbocycles. The first-order chi connectivity index (χ1) is 15.0. The SMILES string of the molecule is COc1ccc2c(CN[C@@H]3CCC[C@H](C)[C@@H]3C)c(C(=O)O)n(Cc3ccccc3)c2c1. The van der Waals surface area contributed by atoms with Gasteiger partial charge in [-0.05, 0) is 36.0 Å². The average Bonchev–Trinajstić information content (AvgIpc) is 3.08. The van der Waals surface area contributed by atoms with Crippen LogP contribution in [0.4, 0.5) is 0 Å². The number of ether oxygens (including phenoxy) is 1. The molecule has 1 aliphatic carbocycles. The minimum absolute atomic E-state index is 0.358. The van der Waals surface area contributed by atoms with Crippen molar-refractivity contribution in [2.45, 2.75) is 52.2 Å². The number of methoxy groups -OCH3 is 1. The Morgan fingerprint density at radius 2 is 1.94 bits per heavy atom. The number of benzene rings is 2. The average molecular weight is 421 g/mol. The Hall–Kier alpha value is -2.79. The molecule has 0 saturated heterocycles. The number of nitrogens with zero attached hydrogens (tertiary/aromatic N) is 1. The largest absolute Gasteiger partial charge is 0.497 e. The lowest BCUT2D eigenvalue weighted by Crippen LogP contribution is -2.40. The fraction of sp³-hybridized carbons (Fsp3) is 0.423. The van der Waals surface area contributed by atoms with Gasteiger partial charge in [-0.15, -0.1) is 0 Å². The first-order valence-corrected chi connectivity index (χ1v) is 11.2. The van der Waals surface area contributed by atoms with Crippen LogP contribution in [0.25, 0.3) is 10.9 Å². The van der Waals surface area contributed by atoms with Gasteiger partial charge in [0.1, 0.15) is 11.4 Å². The summed E-state index contributed by atoms with van der Waals surface area (Å²) < 4.78 is 7.36. The van der Waals surface area contributed by atoms with Crippen molar-refractivity contribution >= 4 is 16.9 Å². The standard InChI is InChI=1S/C26H32N2O3/c1-17-8-7-11-23(18(17)2)27-15-22-21-13-12-20(31-3)14-24(21)28(25(22)26(29)30)16-19-9-5-4-6-10-19/h4-6,9-10,12-14,17-18,23,27H,7-8,11,15-16H2,1-3H3,(H,29,30)/t17-,18-,23+/m0/s1. The van der Waals surface area contributed by atoms with Crippen molar-refractivity contribution < 1.29 is 14.6 Å². The van der Waals surface area contributed by atoms with E-state index in [2.05, 4.69) is 19.2 Å². The zero-order valence-corrected chi connectivity index (χ0v) is 18.6. The first kappa shape index (κ1) is 21.4. The maximum atomic E-state index is 12.4. The van der Waals surface area contributed by atoms with Crippen LogP contribution in [0.1, 0.15) is 54.7 Å². The van der Waals surface area contributed by atoms with Gasteiger partial charge in [0.25, 0.3) is 0 Å². The summed E-state index contributed by atoms with van der Waals surface area (Å²) in [6.07, 6.45) is 3.64. The molecule has 0 radical (unpaired) electrons. The van der Waals surface area contributed by atoms with E-state index < -0.39 is 5.97 Å². The molecule has 0 amide bonds. The first-order valence-electron chi connectivity index (χ1n) is 11.2. The van der Waals surface area contributed by atoms with E-state index >= 15 is 0 Å². The van der Waals surface area contributed by atoms with Gasteiger partial charge in [-0.3, -0.25) is 0 Å². The van der Waals surface area contributed by atoms with Crippen LogP contribution in [-0.4, -0.2) is 28.8 Å². The quantitative estimate of drug-likeness (QED) is 0.544.